The number of ketones is 1. The third-order valence-electron chi connectivity index (χ3n) is 4.45. The molecule has 4 rings (SSSR count). The van der Waals surface area contributed by atoms with Crippen LogP contribution in [0.25, 0.3) is 0 Å². The second-order valence-corrected chi connectivity index (χ2v) is 6.31. The quantitative estimate of drug-likeness (QED) is 0.696. The van der Waals surface area contributed by atoms with E-state index in [1.807, 2.05) is 10.6 Å². The Morgan fingerprint density at radius 2 is 1.69 bits per heavy atom. The van der Waals surface area contributed by atoms with Crippen molar-refractivity contribution in [2.45, 2.75) is 25.4 Å². The predicted octanol–water partition coefficient (Wildman–Crippen LogP) is 2.77. The lowest BCUT2D eigenvalue weighted by atomic mass is 9.98. The predicted molar refractivity (Wildman–Crippen MR) is 95.8 cm³/mol. The lowest BCUT2D eigenvalue weighted by Gasteiger charge is -2.10. The molecule has 1 amide bonds. The molecule has 1 heterocycles. The van der Waals surface area contributed by atoms with Crippen LogP contribution in [0.15, 0.2) is 60.9 Å². The maximum atomic E-state index is 12.7. The summed E-state index contributed by atoms with van der Waals surface area (Å²) >= 11 is 0. The van der Waals surface area contributed by atoms with Gasteiger partial charge in [0, 0.05) is 17.2 Å². The van der Waals surface area contributed by atoms with E-state index in [2.05, 4.69) is 15.5 Å². The zero-order valence-electron chi connectivity index (χ0n) is 14.1. The first-order valence-corrected chi connectivity index (χ1v) is 8.59. The van der Waals surface area contributed by atoms with Crippen molar-refractivity contribution in [1.29, 1.82) is 0 Å². The standard InChI is InChI=1S/C20H18N4O2/c25-19(14-6-2-1-3-7-14)16-8-4-5-9-17(16)20(26)21-12-18-23-22-13-24(18)15-10-11-15/h1-9,13,15H,10-12H2,(H,21,26). The van der Waals surface area contributed by atoms with Gasteiger partial charge in [-0.25, -0.2) is 0 Å². The summed E-state index contributed by atoms with van der Waals surface area (Å²) in [4.78, 5) is 25.4. The van der Waals surface area contributed by atoms with Crippen molar-refractivity contribution in [2.75, 3.05) is 0 Å². The molecule has 0 saturated heterocycles. The Morgan fingerprint density at radius 3 is 2.42 bits per heavy atom. The van der Waals surface area contributed by atoms with Gasteiger partial charge in [-0.2, -0.15) is 0 Å². The van der Waals surface area contributed by atoms with E-state index in [4.69, 9.17) is 0 Å². The molecule has 1 saturated carbocycles. The average Bonchev–Trinajstić information content (AvgIpc) is 3.44. The number of hydrogen-bond acceptors (Lipinski definition) is 4. The molecule has 1 aromatic heterocycles. The molecule has 0 aliphatic heterocycles. The fourth-order valence-corrected chi connectivity index (χ4v) is 2.93. The highest BCUT2D eigenvalue weighted by molar-refractivity contribution is 6.15. The van der Waals surface area contributed by atoms with E-state index < -0.39 is 0 Å². The first-order chi connectivity index (χ1) is 12.7. The molecule has 2 aromatic carbocycles. The Morgan fingerprint density at radius 1 is 1.00 bits per heavy atom. The number of carbonyl (C=O) groups excluding carboxylic acids is 2. The zero-order valence-corrected chi connectivity index (χ0v) is 14.1. The number of amides is 1. The molecule has 0 spiro atoms. The largest absolute Gasteiger partial charge is 0.345 e. The molecule has 130 valence electrons. The van der Waals surface area contributed by atoms with Crippen LogP contribution >= 0.6 is 0 Å². The highest BCUT2D eigenvalue weighted by Gasteiger charge is 2.26. The SMILES string of the molecule is O=C(NCc1nncn1C1CC1)c1ccccc1C(=O)c1ccccc1. The van der Waals surface area contributed by atoms with Crippen molar-refractivity contribution in [3.8, 4) is 0 Å². The van der Waals surface area contributed by atoms with Gasteiger partial charge in [0.25, 0.3) is 5.91 Å². The van der Waals surface area contributed by atoms with Crippen LogP contribution in [-0.2, 0) is 6.54 Å². The van der Waals surface area contributed by atoms with Crippen LogP contribution in [0.3, 0.4) is 0 Å². The Bertz CT molecular complexity index is 945. The second-order valence-electron chi connectivity index (χ2n) is 6.31. The maximum absolute atomic E-state index is 12.7. The maximum Gasteiger partial charge on any atom is 0.252 e. The van der Waals surface area contributed by atoms with Crippen LogP contribution in [0, 0.1) is 0 Å². The summed E-state index contributed by atoms with van der Waals surface area (Å²) in [6.07, 6.45) is 3.94. The van der Waals surface area contributed by atoms with Crippen LogP contribution in [-0.4, -0.2) is 26.5 Å². The second kappa shape index (κ2) is 6.92. The zero-order chi connectivity index (χ0) is 17.9. The van der Waals surface area contributed by atoms with Crippen molar-refractivity contribution in [3.05, 3.63) is 83.4 Å². The average molecular weight is 346 g/mol. The van der Waals surface area contributed by atoms with E-state index in [9.17, 15) is 9.59 Å². The minimum Gasteiger partial charge on any atom is -0.345 e. The van der Waals surface area contributed by atoms with Gasteiger partial charge in [0.15, 0.2) is 11.6 Å². The van der Waals surface area contributed by atoms with Crippen LogP contribution in [0.5, 0.6) is 0 Å². The summed E-state index contributed by atoms with van der Waals surface area (Å²) in [5, 5.41) is 10.9. The van der Waals surface area contributed by atoms with Gasteiger partial charge in [-0.3, -0.25) is 9.59 Å². The number of nitrogens with one attached hydrogen (secondary N) is 1. The van der Waals surface area contributed by atoms with Crippen molar-refractivity contribution in [2.24, 2.45) is 0 Å². The summed E-state index contributed by atoms with van der Waals surface area (Å²) < 4.78 is 2.00. The van der Waals surface area contributed by atoms with Gasteiger partial charge in [-0.15, -0.1) is 10.2 Å². The molecule has 6 nitrogen and oxygen atoms in total. The number of rotatable bonds is 6. The third-order valence-corrected chi connectivity index (χ3v) is 4.45. The van der Waals surface area contributed by atoms with E-state index in [1.54, 1.807) is 54.9 Å². The van der Waals surface area contributed by atoms with E-state index in [0.717, 1.165) is 18.7 Å². The summed E-state index contributed by atoms with van der Waals surface area (Å²) in [6, 6.07) is 16.3. The topological polar surface area (TPSA) is 76.9 Å². The van der Waals surface area contributed by atoms with Gasteiger partial charge in [0.2, 0.25) is 0 Å². The van der Waals surface area contributed by atoms with Gasteiger partial charge in [-0.1, -0.05) is 48.5 Å². The van der Waals surface area contributed by atoms with Crippen molar-refractivity contribution < 1.29 is 9.59 Å². The Balaban J connectivity index is 1.53. The molecule has 0 bridgehead atoms. The number of benzene rings is 2. The molecule has 3 aromatic rings. The van der Waals surface area contributed by atoms with E-state index in [-0.39, 0.29) is 18.2 Å². The molecule has 0 atom stereocenters. The number of carbonyl (C=O) groups is 2. The summed E-state index contributed by atoms with van der Waals surface area (Å²) in [5.41, 5.74) is 1.31. The molecular weight excluding hydrogens is 328 g/mol. The molecular formula is C20H18N4O2. The van der Waals surface area contributed by atoms with Crippen molar-refractivity contribution >= 4 is 11.7 Å². The molecule has 1 aliphatic rings. The highest BCUT2D eigenvalue weighted by atomic mass is 16.2. The summed E-state index contributed by atoms with van der Waals surface area (Å²) in [5.74, 6) is 0.264. The first-order valence-electron chi connectivity index (χ1n) is 8.59. The van der Waals surface area contributed by atoms with Gasteiger partial charge in [0.1, 0.15) is 6.33 Å². The van der Waals surface area contributed by atoms with E-state index >= 15 is 0 Å². The van der Waals surface area contributed by atoms with Crippen molar-refractivity contribution in [1.82, 2.24) is 20.1 Å². The third kappa shape index (κ3) is 3.26. The highest BCUT2D eigenvalue weighted by Crippen LogP contribution is 2.35. The molecule has 0 radical (unpaired) electrons. The summed E-state index contributed by atoms with van der Waals surface area (Å²) in [7, 11) is 0. The minimum atomic E-state index is -0.296. The fraction of sp³-hybridized carbons (Fsp3) is 0.200. The Labute approximate surface area is 150 Å². The molecule has 1 fully saturated rings. The van der Waals surface area contributed by atoms with Crippen LogP contribution < -0.4 is 5.32 Å². The number of aromatic nitrogens is 3. The Kier molecular flexibility index (Phi) is 4.31. The first kappa shape index (κ1) is 16.2. The van der Waals surface area contributed by atoms with Gasteiger partial charge in [0.05, 0.1) is 12.1 Å². The number of nitrogens with zero attached hydrogens (tertiary/aromatic N) is 3. The Hall–Kier alpha value is -3.28. The van der Waals surface area contributed by atoms with Crippen molar-refractivity contribution in [3.63, 3.8) is 0 Å². The lowest BCUT2D eigenvalue weighted by molar-refractivity contribution is 0.0938. The smallest absolute Gasteiger partial charge is 0.252 e. The van der Waals surface area contributed by atoms with Gasteiger partial charge in [-0.05, 0) is 18.9 Å². The lowest BCUT2D eigenvalue weighted by Crippen LogP contribution is -2.26. The fourth-order valence-electron chi connectivity index (χ4n) is 2.93. The van der Waals surface area contributed by atoms with Crippen LogP contribution in [0.1, 0.15) is 51.0 Å². The summed E-state index contributed by atoms with van der Waals surface area (Å²) in [6.45, 7) is 0.281. The monoisotopic (exact) mass is 346 g/mol. The molecule has 1 N–H and O–H groups in total. The van der Waals surface area contributed by atoms with Gasteiger partial charge >= 0.3 is 0 Å². The van der Waals surface area contributed by atoms with Crippen LogP contribution in [0.4, 0.5) is 0 Å². The minimum absolute atomic E-state index is 0.169. The molecule has 6 heteroatoms. The normalized spacial score (nSPS) is 13.4. The van der Waals surface area contributed by atoms with Crippen LogP contribution in [0.2, 0.25) is 0 Å². The molecule has 0 unspecified atom stereocenters. The molecule has 26 heavy (non-hydrogen) atoms. The van der Waals surface area contributed by atoms with Gasteiger partial charge < -0.3 is 9.88 Å². The van der Waals surface area contributed by atoms with E-state index in [1.165, 1.54) is 0 Å². The van der Waals surface area contributed by atoms with E-state index in [0.29, 0.717) is 22.7 Å². The molecule has 1 aliphatic carbocycles. The number of hydrogen-bond donors (Lipinski definition) is 1.